The molecule has 0 saturated heterocycles. The normalized spacial score (nSPS) is 13.1. The fraction of sp³-hybridized carbons (Fsp3) is 0.833. The first-order valence-corrected chi connectivity index (χ1v) is 3.13. The molecule has 0 aromatic heterocycles. The molecular weight excluding hydrogens is 118 g/mol. The maximum Gasteiger partial charge on any atom is 0.138 e. The number of aldehydes is 1. The third kappa shape index (κ3) is 5.46. The van der Waals surface area contributed by atoms with Crippen LogP contribution in [0.4, 0.5) is 0 Å². The summed E-state index contributed by atoms with van der Waals surface area (Å²) in [6, 6.07) is -0.198. The summed E-state index contributed by atoms with van der Waals surface area (Å²) in [6.07, 6.45) is 1.76. The van der Waals surface area contributed by atoms with E-state index in [0.29, 0.717) is 6.61 Å². The van der Waals surface area contributed by atoms with Crippen LogP contribution >= 0.6 is 0 Å². The molecule has 1 N–H and O–H groups in total. The highest BCUT2D eigenvalue weighted by atomic mass is 16.6. The second kappa shape index (κ2) is 5.72. The van der Waals surface area contributed by atoms with Crippen LogP contribution in [0.15, 0.2) is 0 Å². The molecule has 3 nitrogen and oxygen atoms in total. The van der Waals surface area contributed by atoms with Gasteiger partial charge in [-0.3, -0.25) is 0 Å². The van der Waals surface area contributed by atoms with E-state index in [9.17, 15) is 4.79 Å². The summed E-state index contributed by atoms with van der Waals surface area (Å²) in [5, 5.41) is 0. The predicted octanol–water partition coefficient (Wildman–Crippen LogP) is 0.505. The summed E-state index contributed by atoms with van der Waals surface area (Å²) in [6.45, 7) is 4.40. The number of nitrogens with one attached hydrogen (secondary N) is 1. The van der Waals surface area contributed by atoms with Gasteiger partial charge in [0.15, 0.2) is 0 Å². The monoisotopic (exact) mass is 131 g/mol. The lowest BCUT2D eigenvalue weighted by molar-refractivity contribution is -0.112. The van der Waals surface area contributed by atoms with Crippen LogP contribution in [0.2, 0.25) is 0 Å². The Morgan fingerprint density at radius 1 is 1.78 bits per heavy atom. The smallest absolute Gasteiger partial charge is 0.138 e. The Kier molecular flexibility index (Phi) is 5.46. The third-order valence-corrected chi connectivity index (χ3v) is 0.780. The zero-order valence-corrected chi connectivity index (χ0v) is 5.89. The van der Waals surface area contributed by atoms with Crippen LogP contribution in [-0.4, -0.2) is 18.9 Å². The Balaban J connectivity index is 2.96. The molecule has 0 rings (SSSR count). The molecule has 0 amide bonds. The molecule has 0 bridgehead atoms. The van der Waals surface area contributed by atoms with Crippen molar-refractivity contribution < 1.29 is 9.63 Å². The maximum absolute atomic E-state index is 9.96. The van der Waals surface area contributed by atoms with Crippen LogP contribution in [0.25, 0.3) is 0 Å². The Bertz CT molecular complexity index is 75.5. The summed E-state index contributed by atoms with van der Waals surface area (Å²) in [7, 11) is 0. The number of carbonyl (C=O) groups is 1. The Labute approximate surface area is 55.3 Å². The van der Waals surface area contributed by atoms with E-state index < -0.39 is 0 Å². The average molecular weight is 131 g/mol. The van der Waals surface area contributed by atoms with Gasteiger partial charge in [0, 0.05) is 0 Å². The van der Waals surface area contributed by atoms with Gasteiger partial charge in [-0.15, -0.1) is 0 Å². The molecule has 0 saturated carbocycles. The molecule has 3 heteroatoms. The van der Waals surface area contributed by atoms with E-state index in [0.717, 1.165) is 12.7 Å². The largest absolute Gasteiger partial charge is 0.302 e. The first-order chi connectivity index (χ1) is 4.31. The van der Waals surface area contributed by atoms with Crippen molar-refractivity contribution in [1.82, 2.24) is 5.48 Å². The molecule has 0 aliphatic rings. The quantitative estimate of drug-likeness (QED) is 0.335. The lowest BCUT2D eigenvalue weighted by atomic mass is 10.4. The molecule has 0 aliphatic heterocycles. The van der Waals surface area contributed by atoms with Gasteiger partial charge in [0.1, 0.15) is 6.29 Å². The highest BCUT2D eigenvalue weighted by molar-refractivity contribution is 5.56. The number of rotatable bonds is 5. The van der Waals surface area contributed by atoms with Crippen LogP contribution in [0, 0.1) is 0 Å². The predicted molar refractivity (Wildman–Crippen MR) is 34.9 cm³/mol. The van der Waals surface area contributed by atoms with E-state index in [2.05, 4.69) is 5.48 Å². The fourth-order valence-corrected chi connectivity index (χ4v) is 0.320. The SMILES string of the molecule is CCCON[C@@H](C)C=O. The summed E-state index contributed by atoms with van der Waals surface area (Å²) >= 11 is 0. The van der Waals surface area contributed by atoms with Gasteiger partial charge in [-0.2, -0.15) is 5.48 Å². The molecule has 0 aromatic carbocycles. The maximum atomic E-state index is 9.96. The third-order valence-electron chi connectivity index (χ3n) is 0.780. The van der Waals surface area contributed by atoms with Crippen molar-refractivity contribution in [1.29, 1.82) is 0 Å². The van der Waals surface area contributed by atoms with Gasteiger partial charge in [-0.1, -0.05) is 6.92 Å². The second-order valence-electron chi connectivity index (χ2n) is 1.89. The first kappa shape index (κ1) is 8.59. The van der Waals surface area contributed by atoms with E-state index in [1.54, 1.807) is 6.92 Å². The molecule has 1 atom stereocenters. The lowest BCUT2D eigenvalue weighted by Gasteiger charge is -2.04. The molecule has 0 unspecified atom stereocenters. The van der Waals surface area contributed by atoms with Gasteiger partial charge in [0.05, 0.1) is 12.6 Å². The van der Waals surface area contributed by atoms with Crippen molar-refractivity contribution in [3.63, 3.8) is 0 Å². The molecule has 9 heavy (non-hydrogen) atoms. The van der Waals surface area contributed by atoms with Gasteiger partial charge < -0.3 is 9.63 Å². The van der Waals surface area contributed by atoms with Gasteiger partial charge in [0.25, 0.3) is 0 Å². The van der Waals surface area contributed by atoms with E-state index >= 15 is 0 Å². The molecule has 0 spiro atoms. The summed E-state index contributed by atoms with van der Waals surface area (Å²) in [4.78, 5) is 14.8. The van der Waals surface area contributed by atoms with Crippen molar-refractivity contribution in [3.05, 3.63) is 0 Å². The minimum atomic E-state index is -0.198. The van der Waals surface area contributed by atoms with Crippen molar-refractivity contribution in [3.8, 4) is 0 Å². The molecule has 0 heterocycles. The Morgan fingerprint density at radius 3 is 2.89 bits per heavy atom. The van der Waals surface area contributed by atoms with Crippen molar-refractivity contribution in [2.75, 3.05) is 6.61 Å². The van der Waals surface area contributed by atoms with Crippen LogP contribution in [0.1, 0.15) is 20.3 Å². The highest BCUT2D eigenvalue weighted by Gasteiger charge is 1.94. The summed E-state index contributed by atoms with van der Waals surface area (Å²) in [5.41, 5.74) is 2.57. The minimum absolute atomic E-state index is 0.198. The van der Waals surface area contributed by atoms with E-state index in [1.165, 1.54) is 0 Å². The topological polar surface area (TPSA) is 38.3 Å². The molecule has 54 valence electrons. The number of hydrogen-bond donors (Lipinski definition) is 1. The van der Waals surface area contributed by atoms with E-state index in [4.69, 9.17) is 4.84 Å². The van der Waals surface area contributed by atoms with Gasteiger partial charge in [-0.25, -0.2) is 0 Å². The molecule has 0 aromatic rings. The molecule has 0 aliphatic carbocycles. The van der Waals surface area contributed by atoms with E-state index in [1.807, 2.05) is 6.92 Å². The molecule has 0 fully saturated rings. The van der Waals surface area contributed by atoms with Gasteiger partial charge >= 0.3 is 0 Å². The lowest BCUT2D eigenvalue weighted by Crippen LogP contribution is -2.27. The summed E-state index contributed by atoms with van der Waals surface area (Å²) in [5.74, 6) is 0. The van der Waals surface area contributed by atoms with Crippen LogP contribution in [0.3, 0.4) is 0 Å². The van der Waals surface area contributed by atoms with Crippen molar-refractivity contribution in [2.24, 2.45) is 0 Å². The Hall–Kier alpha value is -0.410. The zero-order chi connectivity index (χ0) is 7.11. The Morgan fingerprint density at radius 2 is 2.44 bits per heavy atom. The van der Waals surface area contributed by atoms with Crippen molar-refractivity contribution in [2.45, 2.75) is 26.3 Å². The number of hydroxylamine groups is 1. The molecule has 0 radical (unpaired) electrons. The van der Waals surface area contributed by atoms with E-state index in [-0.39, 0.29) is 6.04 Å². The van der Waals surface area contributed by atoms with Crippen LogP contribution in [0.5, 0.6) is 0 Å². The van der Waals surface area contributed by atoms with Crippen LogP contribution < -0.4 is 5.48 Å². The fourth-order valence-electron chi connectivity index (χ4n) is 0.320. The second-order valence-corrected chi connectivity index (χ2v) is 1.89. The minimum Gasteiger partial charge on any atom is -0.302 e. The highest BCUT2D eigenvalue weighted by Crippen LogP contribution is 1.77. The van der Waals surface area contributed by atoms with Crippen molar-refractivity contribution >= 4 is 6.29 Å². The molecular formula is C6H13NO2. The zero-order valence-electron chi connectivity index (χ0n) is 5.89. The summed E-state index contributed by atoms with van der Waals surface area (Å²) < 4.78 is 0. The standard InChI is InChI=1S/C6H13NO2/c1-3-4-9-7-6(2)5-8/h5-7H,3-4H2,1-2H3/t6-/m0/s1. The average Bonchev–Trinajstić information content (AvgIpc) is 1.89. The number of carbonyl (C=O) groups excluding carboxylic acids is 1. The van der Waals surface area contributed by atoms with Gasteiger partial charge in [-0.05, 0) is 13.3 Å². The first-order valence-electron chi connectivity index (χ1n) is 3.13. The van der Waals surface area contributed by atoms with Crippen LogP contribution in [-0.2, 0) is 9.63 Å². The van der Waals surface area contributed by atoms with Gasteiger partial charge in [0.2, 0.25) is 0 Å². The number of hydrogen-bond acceptors (Lipinski definition) is 3.